The third-order valence-corrected chi connectivity index (χ3v) is 4.26. The van der Waals surface area contributed by atoms with Crippen LogP contribution in [0.2, 0.25) is 0 Å². The van der Waals surface area contributed by atoms with E-state index in [-0.39, 0.29) is 42.7 Å². The minimum atomic E-state index is -0.378. The predicted octanol–water partition coefficient (Wildman–Crippen LogP) is 1.87. The van der Waals surface area contributed by atoms with Crippen molar-refractivity contribution in [3.63, 3.8) is 0 Å². The summed E-state index contributed by atoms with van der Waals surface area (Å²) >= 11 is 0. The fourth-order valence-electron chi connectivity index (χ4n) is 2.71. The Morgan fingerprint density at radius 1 is 1.17 bits per heavy atom. The summed E-state index contributed by atoms with van der Waals surface area (Å²) in [7, 11) is 0. The number of hydrogen-bond acceptors (Lipinski definition) is 3. The van der Waals surface area contributed by atoms with Crippen LogP contribution in [0.25, 0.3) is 0 Å². The summed E-state index contributed by atoms with van der Waals surface area (Å²) in [6, 6.07) is 9.17. The zero-order valence-corrected chi connectivity index (χ0v) is 14.3. The Morgan fingerprint density at radius 2 is 1.78 bits per heavy atom. The average Bonchev–Trinajstić information content (AvgIpc) is 2.59. The molecule has 1 aliphatic rings. The summed E-state index contributed by atoms with van der Waals surface area (Å²) in [6.45, 7) is 3.45. The number of likely N-dealkylation sites (tertiary alicyclic amines) is 1. The number of benzene rings is 1. The number of halogens is 1. The largest absolute Gasteiger partial charge is 0.347 e. The van der Waals surface area contributed by atoms with Gasteiger partial charge in [0.05, 0.1) is 12.5 Å². The first-order valence-electron chi connectivity index (χ1n) is 7.95. The van der Waals surface area contributed by atoms with Crippen LogP contribution in [0, 0.1) is 5.92 Å². The highest BCUT2D eigenvalue weighted by Crippen LogP contribution is 2.19. The number of rotatable bonds is 5. The standard InChI is InChI=1S/C17H25N3O2.ClH/c1-13(16(18)14-8-4-2-5-9-14)17(22)19-12-15(21)20-10-6-3-7-11-20;/h2,4-5,8-9,13,16H,3,6-7,10-12,18H2,1H3,(H,19,22);1H. The summed E-state index contributed by atoms with van der Waals surface area (Å²) in [4.78, 5) is 26.1. The van der Waals surface area contributed by atoms with Gasteiger partial charge in [-0.25, -0.2) is 0 Å². The van der Waals surface area contributed by atoms with Crippen molar-refractivity contribution in [1.82, 2.24) is 10.2 Å². The molecule has 2 unspecified atom stereocenters. The molecule has 3 N–H and O–H groups in total. The third-order valence-electron chi connectivity index (χ3n) is 4.26. The topological polar surface area (TPSA) is 75.4 Å². The Kier molecular flexibility index (Phi) is 8.06. The van der Waals surface area contributed by atoms with E-state index in [1.54, 1.807) is 6.92 Å². The van der Waals surface area contributed by atoms with Gasteiger partial charge in [0.25, 0.3) is 0 Å². The smallest absolute Gasteiger partial charge is 0.241 e. The van der Waals surface area contributed by atoms with Gasteiger partial charge >= 0.3 is 0 Å². The van der Waals surface area contributed by atoms with Gasteiger partial charge in [-0.15, -0.1) is 12.4 Å². The lowest BCUT2D eigenvalue weighted by Crippen LogP contribution is -2.44. The zero-order valence-electron chi connectivity index (χ0n) is 13.5. The lowest BCUT2D eigenvalue weighted by atomic mass is 9.95. The zero-order chi connectivity index (χ0) is 15.9. The molecule has 5 nitrogen and oxygen atoms in total. The van der Waals surface area contributed by atoms with Gasteiger partial charge in [-0.2, -0.15) is 0 Å². The van der Waals surface area contributed by atoms with Gasteiger partial charge in [0.15, 0.2) is 0 Å². The maximum Gasteiger partial charge on any atom is 0.241 e. The molecule has 1 aromatic carbocycles. The monoisotopic (exact) mass is 339 g/mol. The summed E-state index contributed by atoms with van der Waals surface area (Å²) in [6.07, 6.45) is 3.28. The van der Waals surface area contributed by atoms with Gasteiger partial charge < -0.3 is 16.0 Å². The van der Waals surface area contributed by atoms with Crippen LogP contribution in [0.4, 0.5) is 0 Å². The van der Waals surface area contributed by atoms with Gasteiger partial charge in [-0.1, -0.05) is 37.3 Å². The van der Waals surface area contributed by atoms with E-state index in [1.807, 2.05) is 35.2 Å². The van der Waals surface area contributed by atoms with E-state index in [4.69, 9.17) is 5.73 Å². The number of piperidine rings is 1. The molecule has 0 aliphatic carbocycles. The van der Waals surface area contributed by atoms with Crippen molar-refractivity contribution in [1.29, 1.82) is 0 Å². The van der Waals surface area contributed by atoms with Gasteiger partial charge in [0.1, 0.15) is 0 Å². The molecule has 2 rings (SSSR count). The van der Waals surface area contributed by atoms with Crippen LogP contribution >= 0.6 is 12.4 Å². The van der Waals surface area contributed by atoms with Crippen LogP contribution in [0.15, 0.2) is 30.3 Å². The van der Waals surface area contributed by atoms with Gasteiger partial charge in [-0.3, -0.25) is 9.59 Å². The van der Waals surface area contributed by atoms with Crippen LogP contribution in [-0.2, 0) is 9.59 Å². The molecule has 1 saturated heterocycles. The first kappa shape index (κ1) is 19.5. The highest BCUT2D eigenvalue weighted by Gasteiger charge is 2.23. The molecule has 1 fully saturated rings. The molecule has 2 amide bonds. The Bertz CT molecular complexity index is 504. The number of nitrogens with zero attached hydrogens (tertiary/aromatic N) is 1. The normalized spacial score (nSPS) is 16.9. The number of carbonyl (C=O) groups excluding carboxylic acids is 2. The third kappa shape index (κ3) is 5.52. The molecule has 0 spiro atoms. The molecule has 1 heterocycles. The predicted molar refractivity (Wildman–Crippen MR) is 93.2 cm³/mol. The van der Waals surface area contributed by atoms with E-state index in [9.17, 15) is 9.59 Å². The average molecular weight is 340 g/mol. The Balaban J connectivity index is 0.00000264. The number of amides is 2. The minimum absolute atomic E-state index is 0. The van der Waals surface area contributed by atoms with Crippen molar-refractivity contribution < 1.29 is 9.59 Å². The van der Waals surface area contributed by atoms with Crippen LogP contribution in [0.5, 0.6) is 0 Å². The molecule has 0 saturated carbocycles. The SMILES string of the molecule is CC(C(=O)NCC(=O)N1CCCCC1)C(N)c1ccccc1.Cl. The van der Waals surface area contributed by atoms with E-state index >= 15 is 0 Å². The van der Waals surface area contributed by atoms with E-state index in [0.29, 0.717) is 0 Å². The lowest BCUT2D eigenvalue weighted by Gasteiger charge is -2.27. The van der Waals surface area contributed by atoms with Crippen molar-refractivity contribution in [3.05, 3.63) is 35.9 Å². The van der Waals surface area contributed by atoms with Gasteiger partial charge in [0, 0.05) is 19.1 Å². The van der Waals surface area contributed by atoms with E-state index < -0.39 is 0 Å². The fraction of sp³-hybridized carbons (Fsp3) is 0.529. The quantitative estimate of drug-likeness (QED) is 0.860. The number of nitrogens with two attached hydrogens (primary N) is 1. The highest BCUT2D eigenvalue weighted by molar-refractivity contribution is 5.86. The first-order valence-corrected chi connectivity index (χ1v) is 7.95. The van der Waals surface area contributed by atoms with E-state index in [1.165, 1.54) is 6.42 Å². The molecule has 2 atom stereocenters. The van der Waals surface area contributed by atoms with Crippen molar-refractivity contribution in [2.24, 2.45) is 11.7 Å². The second-order valence-electron chi connectivity index (χ2n) is 5.88. The molecule has 1 aromatic rings. The maximum atomic E-state index is 12.2. The minimum Gasteiger partial charge on any atom is -0.347 e. The Labute approximate surface area is 144 Å². The Morgan fingerprint density at radius 3 is 2.39 bits per heavy atom. The first-order chi connectivity index (χ1) is 10.6. The van der Waals surface area contributed by atoms with Crippen LogP contribution in [0.1, 0.15) is 37.8 Å². The molecule has 1 aliphatic heterocycles. The summed E-state index contributed by atoms with van der Waals surface area (Å²) in [5.41, 5.74) is 7.06. The fourth-order valence-corrected chi connectivity index (χ4v) is 2.71. The van der Waals surface area contributed by atoms with Crippen molar-refractivity contribution in [2.75, 3.05) is 19.6 Å². The second-order valence-corrected chi connectivity index (χ2v) is 5.88. The van der Waals surface area contributed by atoms with E-state index in [0.717, 1.165) is 31.5 Å². The number of nitrogens with one attached hydrogen (secondary N) is 1. The highest BCUT2D eigenvalue weighted by atomic mass is 35.5. The molecule has 23 heavy (non-hydrogen) atoms. The molecular weight excluding hydrogens is 314 g/mol. The molecule has 6 heteroatoms. The Hall–Kier alpha value is -1.59. The molecular formula is C17H26ClN3O2. The summed E-state index contributed by atoms with van der Waals surface area (Å²) in [5, 5.41) is 2.72. The lowest BCUT2D eigenvalue weighted by molar-refractivity contribution is -0.134. The molecule has 0 radical (unpaired) electrons. The van der Waals surface area contributed by atoms with Crippen LogP contribution < -0.4 is 11.1 Å². The van der Waals surface area contributed by atoms with Crippen molar-refractivity contribution >= 4 is 24.2 Å². The second kappa shape index (κ2) is 9.53. The summed E-state index contributed by atoms with van der Waals surface area (Å²) < 4.78 is 0. The van der Waals surface area contributed by atoms with Gasteiger partial charge in [-0.05, 0) is 24.8 Å². The number of hydrogen-bond donors (Lipinski definition) is 2. The molecule has 0 aromatic heterocycles. The van der Waals surface area contributed by atoms with Crippen molar-refractivity contribution in [2.45, 2.75) is 32.2 Å². The molecule has 0 bridgehead atoms. The van der Waals surface area contributed by atoms with E-state index in [2.05, 4.69) is 5.32 Å². The van der Waals surface area contributed by atoms with Gasteiger partial charge in [0.2, 0.25) is 11.8 Å². The number of carbonyl (C=O) groups is 2. The maximum absolute atomic E-state index is 12.2. The summed E-state index contributed by atoms with van der Waals surface area (Å²) in [5.74, 6) is -0.563. The molecule has 128 valence electrons. The van der Waals surface area contributed by atoms with Crippen LogP contribution in [-0.4, -0.2) is 36.3 Å². The van der Waals surface area contributed by atoms with Crippen LogP contribution in [0.3, 0.4) is 0 Å². The van der Waals surface area contributed by atoms with Crippen molar-refractivity contribution in [3.8, 4) is 0 Å².